The van der Waals surface area contributed by atoms with E-state index >= 15 is 0 Å². The molecular weight excluding hydrogens is 340 g/mol. The second-order valence-electron chi connectivity index (χ2n) is 6.12. The third-order valence-electron chi connectivity index (χ3n) is 4.10. The number of aryl methyl sites for hydroxylation is 2. The molecule has 1 aliphatic rings. The van der Waals surface area contributed by atoms with Crippen molar-refractivity contribution < 1.29 is 14.3 Å². The van der Waals surface area contributed by atoms with Crippen LogP contribution in [0.15, 0.2) is 18.2 Å². The summed E-state index contributed by atoms with van der Waals surface area (Å²) >= 11 is 1.27. The van der Waals surface area contributed by atoms with E-state index in [4.69, 9.17) is 4.74 Å². The summed E-state index contributed by atoms with van der Waals surface area (Å²) in [5.41, 5.74) is 3.04. The van der Waals surface area contributed by atoms with E-state index in [1.807, 2.05) is 32.0 Å². The van der Waals surface area contributed by atoms with Crippen LogP contribution in [0.2, 0.25) is 0 Å². The topological polar surface area (TPSA) is 84.4 Å². The maximum Gasteiger partial charge on any atom is 0.231 e. The molecule has 1 atom stereocenters. The molecule has 2 heterocycles. The highest BCUT2D eigenvalue weighted by molar-refractivity contribution is 7.15. The van der Waals surface area contributed by atoms with Crippen LogP contribution in [0.25, 0.3) is 0 Å². The molecule has 1 aromatic carbocycles. The van der Waals surface area contributed by atoms with E-state index in [2.05, 4.69) is 15.5 Å². The zero-order chi connectivity index (χ0) is 18.0. The van der Waals surface area contributed by atoms with Crippen LogP contribution >= 0.6 is 11.3 Å². The number of carbonyl (C=O) groups is 2. The fourth-order valence-electron chi connectivity index (χ4n) is 2.92. The number of aromatic nitrogens is 2. The number of hydrogen-bond donors (Lipinski definition) is 1. The van der Waals surface area contributed by atoms with Gasteiger partial charge in [0, 0.05) is 25.8 Å². The molecule has 0 spiro atoms. The van der Waals surface area contributed by atoms with Crippen molar-refractivity contribution in [2.24, 2.45) is 5.92 Å². The number of hydrogen-bond acceptors (Lipinski definition) is 6. The van der Waals surface area contributed by atoms with Gasteiger partial charge in [-0.05, 0) is 25.5 Å². The van der Waals surface area contributed by atoms with Gasteiger partial charge in [0.25, 0.3) is 0 Å². The minimum atomic E-state index is -0.400. The molecular formula is C17H20N4O3S. The molecule has 0 bridgehead atoms. The smallest absolute Gasteiger partial charge is 0.231 e. The number of nitrogens with one attached hydrogen (secondary N) is 1. The Morgan fingerprint density at radius 1 is 1.40 bits per heavy atom. The summed E-state index contributed by atoms with van der Waals surface area (Å²) in [6.45, 7) is 4.72. The fraction of sp³-hybridized carbons (Fsp3) is 0.412. The Hall–Kier alpha value is -2.32. The highest BCUT2D eigenvalue weighted by Gasteiger charge is 2.36. The average molecular weight is 360 g/mol. The lowest BCUT2D eigenvalue weighted by Gasteiger charge is -2.19. The number of anilines is 2. The van der Waals surface area contributed by atoms with Crippen LogP contribution in [0, 0.1) is 19.8 Å². The minimum Gasteiger partial charge on any atom is -0.377 e. The maximum atomic E-state index is 12.5. The number of amides is 2. The van der Waals surface area contributed by atoms with Gasteiger partial charge < -0.3 is 15.0 Å². The van der Waals surface area contributed by atoms with Gasteiger partial charge in [-0.25, -0.2) is 0 Å². The van der Waals surface area contributed by atoms with Crippen molar-refractivity contribution >= 4 is 34.0 Å². The first-order valence-electron chi connectivity index (χ1n) is 7.97. The quantitative estimate of drug-likeness (QED) is 0.884. The van der Waals surface area contributed by atoms with Gasteiger partial charge in [0.1, 0.15) is 11.6 Å². The molecule has 1 aromatic heterocycles. The molecule has 0 radical (unpaired) electrons. The molecule has 7 nitrogen and oxygen atoms in total. The fourth-order valence-corrected chi connectivity index (χ4v) is 3.63. The summed E-state index contributed by atoms with van der Waals surface area (Å²) in [5.74, 6) is -0.645. The zero-order valence-electron chi connectivity index (χ0n) is 14.4. The predicted molar refractivity (Wildman–Crippen MR) is 95.6 cm³/mol. The van der Waals surface area contributed by atoms with Crippen molar-refractivity contribution in [2.45, 2.75) is 26.9 Å². The number of methoxy groups -OCH3 is 1. The van der Waals surface area contributed by atoms with Crippen molar-refractivity contribution in [3.8, 4) is 0 Å². The van der Waals surface area contributed by atoms with Gasteiger partial charge in [-0.2, -0.15) is 0 Å². The Balaban J connectivity index is 1.67. The van der Waals surface area contributed by atoms with Crippen LogP contribution in [-0.4, -0.2) is 35.7 Å². The third kappa shape index (κ3) is 3.85. The number of benzene rings is 1. The molecule has 1 N–H and O–H groups in total. The van der Waals surface area contributed by atoms with E-state index in [-0.39, 0.29) is 18.2 Å². The summed E-state index contributed by atoms with van der Waals surface area (Å²) in [5, 5.41) is 11.7. The Labute approximate surface area is 150 Å². The number of carbonyl (C=O) groups excluding carboxylic acids is 2. The molecule has 1 unspecified atom stereocenters. The van der Waals surface area contributed by atoms with E-state index < -0.39 is 5.92 Å². The first-order valence-corrected chi connectivity index (χ1v) is 8.79. The standard InChI is InChI=1S/C17H20N4O3S/c1-10-4-5-13(11(2)6-10)21-8-12(7-15(21)22)16(23)18-17-20-19-14(25-17)9-24-3/h4-6,12H,7-9H2,1-3H3,(H,18,20,23). The zero-order valence-corrected chi connectivity index (χ0v) is 15.2. The maximum absolute atomic E-state index is 12.5. The molecule has 3 rings (SSSR count). The Morgan fingerprint density at radius 2 is 2.20 bits per heavy atom. The van der Waals surface area contributed by atoms with Crippen LogP contribution < -0.4 is 10.2 Å². The van der Waals surface area contributed by atoms with Gasteiger partial charge in [0.05, 0.1) is 5.92 Å². The summed E-state index contributed by atoms with van der Waals surface area (Å²) in [4.78, 5) is 26.5. The SMILES string of the molecule is COCc1nnc(NC(=O)C2CC(=O)N(c3ccc(C)cc3C)C2)s1. The van der Waals surface area contributed by atoms with E-state index in [0.29, 0.717) is 23.3 Å². The van der Waals surface area contributed by atoms with Gasteiger partial charge in [0.2, 0.25) is 16.9 Å². The van der Waals surface area contributed by atoms with Crippen LogP contribution in [0.5, 0.6) is 0 Å². The summed E-state index contributed by atoms with van der Waals surface area (Å²) < 4.78 is 4.99. The average Bonchev–Trinajstić information content (AvgIpc) is 3.15. The molecule has 1 saturated heterocycles. The number of ether oxygens (including phenoxy) is 1. The van der Waals surface area contributed by atoms with E-state index in [0.717, 1.165) is 16.8 Å². The molecule has 8 heteroatoms. The van der Waals surface area contributed by atoms with Crippen molar-refractivity contribution in [1.29, 1.82) is 0 Å². The second kappa shape index (κ2) is 7.28. The van der Waals surface area contributed by atoms with Gasteiger partial charge in [-0.1, -0.05) is 29.0 Å². The summed E-state index contributed by atoms with van der Waals surface area (Å²) in [7, 11) is 1.57. The molecule has 2 amide bonds. The van der Waals surface area contributed by atoms with Crippen LogP contribution in [0.3, 0.4) is 0 Å². The lowest BCUT2D eigenvalue weighted by Crippen LogP contribution is -2.28. The minimum absolute atomic E-state index is 0.0376. The Kier molecular flexibility index (Phi) is 5.10. The van der Waals surface area contributed by atoms with E-state index in [9.17, 15) is 9.59 Å². The molecule has 132 valence electrons. The van der Waals surface area contributed by atoms with Gasteiger partial charge in [0.15, 0.2) is 0 Å². The van der Waals surface area contributed by atoms with Crippen LogP contribution in [0.4, 0.5) is 10.8 Å². The number of rotatable bonds is 5. The normalized spacial score (nSPS) is 17.2. The van der Waals surface area contributed by atoms with Crippen molar-refractivity contribution in [1.82, 2.24) is 10.2 Å². The molecule has 25 heavy (non-hydrogen) atoms. The predicted octanol–water partition coefficient (Wildman–Crippen LogP) is 2.29. The lowest BCUT2D eigenvalue weighted by atomic mass is 10.1. The van der Waals surface area contributed by atoms with Crippen molar-refractivity contribution in [2.75, 3.05) is 23.9 Å². The second-order valence-corrected chi connectivity index (χ2v) is 7.18. The molecule has 1 aliphatic heterocycles. The Bertz CT molecular complexity index is 805. The summed E-state index contributed by atoms with van der Waals surface area (Å²) in [6, 6.07) is 5.95. The highest BCUT2D eigenvalue weighted by Crippen LogP contribution is 2.29. The first kappa shape index (κ1) is 17.5. The largest absolute Gasteiger partial charge is 0.377 e. The third-order valence-corrected chi connectivity index (χ3v) is 4.92. The monoisotopic (exact) mass is 360 g/mol. The van der Waals surface area contributed by atoms with Crippen molar-refractivity contribution in [3.05, 3.63) is 34.3 Å². The van der Waals surface area contributed by atoms with Gasteiger partial charge >= 0.3 is 0 Å². The molecule has 2 aromatic rings. The van der Waals surface area contributed by atoms with Crippen LogP contribution in [0.1, 0.15) is 22.6 Å². The molecule has 0 aliphatic carbocycles. The van der Waals surface area contributed by atoms with Crippen LogP contribution in [-0.2, 0) is 20.9 Å². The molecule has 0 saturated carbocycles. The van der Waals surface area contributed by atoms with E-state index in [1.165, 1.54) is 11.3 Å². The number of nitrogens with zero attached hydrogens (tertiary/aromatic N) is 3. The molecule has 1 fully saturated rings. The highest BCUT2D eigenvalue weighted by atomic mass is 32.1. The van der Waals surface area contributed by atoms with Crippen molar-refractivity contribution in [3.63, 3.8) is 0 Å². The van der Waals surface area contributed by atoms with Gasteiger partial charge in [-0.3, -0.25) is 9.59 Å². The lowest BCUT2D eigenvalue weighted by molar-refractivity contribution is -0.122. The Morgan fingerprint density at radius 3 is 2.92 bits per heavy atom. The van der Waals surface area contributed by atoms with Gasteiger partial charge in [-0.15, -0.1) is 10.2 Å². The first-order chi connectivity index (χ1) is 12.0. The summed E-state index contributed by atoms with van der Waals surface area (Å²) in [6.07, 6.45) is 0.197. The van der Waals surface area contributed by atoms with E-state index in [1.54, 1.807) is 12.0 Å².